The topological polar surface area (TPSA) is 86.3 Å². The van der Waals surface area contributed by atoms with E-state index in [1.807, 2.05) is 13.8 Å². The first-order chi connectivity index (χ1) is 7.80. The zero-order chi connectivity index (χ0) is 13.2. The summed E-state index contributed by atoms with van der Waals surface area (Å²) >= 11 is 0. The van der Waals surface area contributed by atoms with Crippen LogP contribution in [0.1, 0.15) is 25.2 Å². The van der Waals surface area contributed by atoms with Gasteiger partial charge in [0.2, 0.25) is 10.0 Å². The largest absolute Gasteiger partial charge is 0.390 e. The number of aromatic amines is 1. The van der Waals surface area contributed by atoms with E-state index < -0.39 is 16.6 Å². The maximum absolute atomic E-state index is 12.3. The molecule has 0 fully saturated rings. The molecule has 0 aromatic carbocycles. The number of hydrogen-bond acceptors (Lipinski definition) is 4. The molecule has 1 aromatic heterocycles. The standard InChI is InChI=1S/C10H19N3O3S/c1-7(2)5-13(4)17(15,16)10-8(3)11-12-9(10)6-14/h7,14H,5-6H2,1-4H3,(H,11,12). The van der Waals surface area contributed by atoms with Crippen LogP contribution in [0.4, 0.5) is 0 Å². The molecule has 6 nitrogen and oxygen atoms in total. The van der Waals surface area contributed by atoms with E-state index in [1.54, 1.807) is 6.92 Å². The summed E-state index contributed by atoms with van der Waals surface area (Å²) in [5.74, 6) is 0.236. The van der Waals surface area contributed by atoms with Crippen molar-refractivity contribution in [3.63, 3.8) is 0 Å². The molecule has 0 spiro atoms. The van der Waals surface area contributed by atoms with Gasteiger partial charge in [0.25, 0.3) is 0 Å². The van der Waals surface area contributed by atoms with Gasteiger partial charge >= 0.3 is 0 Å². The molecule has 0 bridgehead atoms. The van der Waals surface area contributed by atoms with Crippen molar-refractivity contribution in [2.24, 2.45) is 5.92 Å². The summed E-state index contributed by atoms with van der Waals surface area (Å²) in [6, 6.07) is 0. The van der Waals surface area contributed by atoms with Crippen molar-refractivity contribution in [3.8, 4) is 0 Å². The quantitative estimate of drug-likeness (QED) is 0.807. The molecule has 0 radical (unpaired) electrons. The molecule has 1 rings (SSSR count). The van der Waals surface area contributed by atoms with Gasteiger partial charge in [0.05, 0.1) is 12.3 Å². The monoisotopic (exact) mass is 261 g/mol. The fourth-order valence-electron chi connectivity index (χ4n) is 1.69. The smallest absolute Gasteiger partial charge is 0.246 e. The van der Waals surface area contributed by atoms with E-state index in [4.69, 9.17) is 5.11 Å². The first kappa shape index (κ1) is 14.1. The van der Waals surface area contributed by atoms with E-state index in [0.29, 0.717) is 12.2 Å². The van der Waals surface area contributed by atoms with Crippen molar-refractivity contribution in [2.45, 2.75) is 32.3 Å². The molecule has 1 heterocycles. The SMILES string of the molecule is Cc1[nH]nc(CO)c1S(=O)(=O)N(C)CC(C)C. The summed E-state index contributed by atoms with van der Waals surface area (Å²) in [6.07, 6.45) is 0. The summed E-state index contributed by atoms with van der Waals surface area (Å²) in [5.41, 5.74) is 0.614. The Morgan fingerprint density at radius 3 is 2.53 bits per heavy atom. The predicted molar refractivity (Wildman–Crippen MR) is 63.9 cm³/mol. The first-order valence-electron chi connectivity index (χ1n) is 5.41. The molecule has 17 heavy (non-hydrogen) atoms. The van der Waals surface area contributed by atoms with Gasteiger partial charge in [0.1, 0.15) is 10.6 Å². The maximum Gasteiger partial charge on any atom is 0.246 e. The summed E-state index contributed by atoms with van der Waals surface area (Å²) < 4.78 is 25.9. The van der Waals surface area contributed by atoms with Gasteiger partial charge in [-0.2, -0.15) is 5.10 Å². The van der Waals surface area contributed by atoms with Crippen molar-refractivity contribution in [1.29, 1.82) is 0 Å². The van der Waals surface area contributed by atoms with Gasteiger partial charge in [-0.15, -0.1) is 0 Å². The van der Waals surface area contributed by atoms with E-state index >= 15 is 0 Å². The number of nitrogens with zero attached hydrogens (tertiary/aromatic N) is 2. The van der Waals surface area contributed by atoms with Crippen LogP contribution in [0.15, 0.2) is 4.90 Å². The summed E-state index contributed by atoms with van der Waals surface area (Å²) in [7, 11) is -2.05. The van der Waals surface area contributed by atoms with E-state index in [0.717, 1.165) is 0 Å². The summed E-state index contributed by atoms with van der Waals surface area (Å²) in [6.45, 7) is 5.55. The Hall–Kier alpha value is -0.920. The molecule has 7 heteroatoms. The van der Waals surface area contributed by atoms with Crippen LogP contribution >= 0.6 is 0 Å². The van der Waals surface area contributed by atoms with E-state index in [-0.39, 0.29) is 16.5 Å². The van der Waals surface area contributed by atoms with Crippen molar-refractivity contribution >= 4 is 10.0 Å². The Bertz CT molecular complexity index is 479. The number of hydrogen-bond donors (Lipinski definition) is 2. The number of rotatable bonds is 5. The number of aliphatic hydroxyl groups is 1. The highest BCUT2D eigenvalue weighted by Crippen LogP contribution is 2.21. The molecular formula is C10H19N3O3S. The fraction of sp³-hybridized carbons (Fsp3) is 0.700. The normalized spacial score (nSPS) is 12.6. The Labute approximate surface area is 102 Å². The minimum absolute atomic E-state index is 0.0863. The summed E-state index contributed by atoms with van der Waals surface area (Å²) in [4.78, 5) is 0.0863. The second kappa shape index (κ2) is 5.16. The lowest BCUT2D eigenvalue weighted by atomic mass is 10.2. The van der Waals surface area contributed by atoms with Gasteiger partial charge in [-0.1, -0.05) is 13.8 Å². The third-order valence-electron chi connectivity index (χ3n) is 2.40. The lowest BCUT2D eigenvalue weighted by Gasteiger charge is -2.19. The van der Waals surface area contributed by atoms with E-state index in [1.165, 1.54) is 11.4 Å². The lowest BCUT2D eigenvalue weighted by Crippen LogP contribution is -2.31. The summed E-state index contributed by atoms with van der Waals surface area (Å²) in [5, 5.41) is 15.5. The van der Waals surface area contributed by atoms with Crippen molar-refractivity contribution in [3.05, 3.63) is 11.4 Å². The zero-order valence-electron chi connectivity index (χ0n) is 10.6. The highest BCUT2D eigenvalue weighted by Gasteiger charge is 2.28. The molecule has 2 N–H and O–H groups in total. The van der Waals surface area contributed by atoms with Gasteiger partial charge in [0, 0.05) is 13.6 Å². The van der Waals surface area contributed by atoms with Crippen LogP contribution in [0.2, 0.25) is 0 Å². The second-order valence-electron chi connectivity index (χ2n) is 4.46. The number of H-pyrrole nitrogens is 1. The van der Waals surface area contributed by atoms with Gasteiger partial charge in [0.15, 0.2) is 0 Å². The minimum atomic E-state index is -3.58. The van der Waals surface area contributed by atoms with Crippen molar-refractivity contribution < 1.29 is 13.5 Å². The van der Waals surface area contributed by atoms with E-state index in [2.05, 4.69) is 10.2 Å². The molecule has 1 aromatic rings. The van der Waals surface area contributed by atoms with Crippen LogP contribution in [0.25, 0.3) is 0 Å². The molecule has 0 aliphatic rings. The fourth-order valence-corrected chi connectivity index (χ4v) is 3.33. The van der Waals surface area contributed by atoms with Gasteiger partial charge in [-0.3, -0.25) is 5.10 Å². The van der Waals surface area contributed by atoms with Crippen LogP contribution < -0.4 is 0 Å². The van der Waals surface area contributed by atoms with Crippen LogP contribution in [0.5, 0.6) is 0 Å². The molecular weight excluding hydrogens is 242 g/mol. The zero-order valence-corrected chi connectivity index (χ0v) is 11.4. The molecule has 0 aliphatic heterocycles. The molecule has 0 amide bonds. The number of nitrogens with one attached hydrogen (secondary N) is 1. The molecule has 0 unspecified atom stereocenters. The van der Waals surface area contributed by atoms with Crippen LogP contribution in [0.3, 0.4) is 0 Å². The van der Waals surface area contributed by atoms with E-state index in [9.17, 15) is 8.42 Å². The number of aliphatic hydroxyl groups excluding tert-OH is 1. The number of aromatic nitrogens is 2. The highest BCUT2D eigenvalue weighted by atomic mass is 32.2. The Morgan fingerprint density at radius 2 is 2.06 bits per heavy atom. The molecule has 0 atom stereocenters. The van der Waals surface area contributed by atoms with Gasteiger partial charge < -0.3 is 5.11 Å². The Balaban J connectivity index is 3.17. The first-order valence-corrected chi connectivity index (χ1v) is 6.85. The maximum atomic E-state index is 12.3. The molecule has 0 saturated heterocycles. The van der Waals surface area contributed by atoms with Crippen LogP contribution in [-0.2, 0) is 16.6 Å². The minimum Gasteiger partial charge on any atom is -0.390 e. The Morgan fingerprint density at radius 1 is 1.47 bits per heavy atom. The van der Waals surface area contributed by atoms with Crippen LogP contribution in [-0.4, -0.2) is 41.6 Å². The number of sulfonamides is 1. The van der Waals surface area contributed by atoms with Gasteiger partial charge in [-0.05, 0) is 12.8 Å². The third-order valence-corrected chi connectivity index (χ3v) is 4.43. The number of aryl methyl sites for hydroxylation is 1. The molecule has 98 valence electrons. The van der Waals surface area contributed by atoms with Crippen molar-refractivity contribution in [1.82, 2.24) is 14.5 Å². The Kier molecular flexibility index (Phi) is 4.29. The highest BCUT2D eigenvalue weighted by molar-refractivity contribution is 7.89. The third kappa shape index (κ3) is 2.85. The molecule has 0 aliphatic carbocycles. The van der Waals surface area contributed by atoms with Crippen molar-refractivity contribution in [2.75, 3.05) is 13.6 Å². The second-order valence-corrected chi connectivity index (χ2v) is 6.44. The average molecular weight is 261 g/mol. The predicted octanol–water partition coefficient (Wildman–Crippen LogP) is 0.487. The van der Waals surface area contributed by atoms with Gasteiger partial charge in [-0.25, -0.2) is 12.7 Å². The van der Waals surface area contributed by atoms with Crippen LogP contribution in [0, 0.1) is 12.8 Å². The lowest BCUT2D eigenvalue weighted by molar-refractivity contribution is 0.273. The molecule has 0 saturated carbocycles. The average Bonchev–Trinajstić information content (AvgIpc) is 2.58.